The summed E-state index contributed by atoms with van der Waals surface area (Å²) in [5.74, 6) is -1.89. The molecule has 47 heavy (non-hydrogen) atoms. The van der Waals surface area contributed by atoms with E-state index in [1.165, 1.54) is 27.4 Å². The Kier molecular flexibility index (Phi) is 12.2. The first-order valence-electron chi connectivity index (χ1n) is 15.6. The molecule has 1 aromatic heterocycles. The third kappa shape index (κ3) is 8.81. The minimum Gasteiger partial charge on any atom is -0.507 e. The van der Waals surface area contributed by atoms with Crippen molar-refractivity contribution in [1.82, 2.24) is 10.3 Å². The molecule has 11 nitrogen and oxygen atoms in total. The fourth-order valence-corrected chi connectivity index (χ4v) is 5.67. The lowest BCUT2D eigenvalue weighted by molar-refractivity contribution is -0.121. The highest BCUT2D eigenvalue weighted by atomic mass is 16.5. The molecule has 0 radical (unpaired) electrons. The average molecular weight is 647 g/mol. The molecule has 0 aliphatic carbocycles. The zero-order valence-electron chi connectivity index (χ0n) is 27.2. The summed E-state index contributed by atoms with van der Waals surface area (Å²) in [6, 6.07) is 8.20. The number of phenolic OH excluding ortho intramolecular Hbond substituents is 2. The molecule has 1 amide bonds. The Morgan fingerprint density at radius 3 is 2.36 bits per heavy atom. The summed E-state index contributed by atoms with van der Waals surface area (Å²) >= 11 is 0. The van der Waals surface area contributed by atoms with Gasteiger partial charge in [-0.3, -0.25) is 14.6 Å². The van der Waals surface area contributed by atoms with Gasteiger partial charge in [0.15, 0.2) is 11.5 Å². The Labute approximate surface area is 274 Å². The highest BCUT2D eigenvalue weighted by molar-refractivity contribution is 5.98. The van der Waals surface area contributed by atoms with E-state index >= 15 is 0 Å². The minimum absolute atomic E-state index is 0.0400. The van der Waals surface area contributed by atoms with Gasteiger partial charge in [-0.25, -0.2) is 4.79 Å². The van der Waals surface area contributed by atoms with Gasteiger partial charge in [0, 0.05) is 49.7 Å². The summed E-state index contributed by atoms with van der Waals surface area (Å²) in [5.41, 5.74) is 1.36. The van der Waals surface area contributed by atoms with Crippen molar-refractivity contribution in [3.05, 3.63) is 76.6 Å². The molecular formula is C36H42N2O9. The van der Waals surface area contributed by atoms with E-state index in [-0.39, 0.29) is 47.1 Å². The molecule has 3 aromatic rings. The number of ketones is 1. The molecule has 250 valence electrons. The van der Waals surface area contributed by atoms with E-state index in [2.05, 4.69) is 10.3 Å². The van der Waals surface area contributed by atoms with Crippen LogP contribution in [-0.4, -0.2) is 60.3 Å². The van der Waals surface area contributed by atoms with Gasteiger partial charge in [-0.15, -0.1) is 0 Å². The molecule has 11 heteroatoms. The summed E-state index contributed by atoms with van der Waals surface area (Å²) in [5, 5.41) is 26.2. The van der Waals surface area contributed by atoms with Crippen molar-refractivity contribution in [2.45, 2.75) is 70.4 Å². The number of rotatable bonds is 9. The van der Waals surface area contributed by atoms with Crippen LogP contribution in [0.5, 0.6) is 28.7 Å². The molecule has 2 unspecified atom stereocenters. The van der Waals surface area contributed by atoms with E-state index in [1.54, 1.807) is 55.7 Å². The fraction of sp³-hybridized carbons (Fsp3) is 0.389. The average Bonchev–Trinajstić information content (AvgIpc) is 3.05. The van der Waals surface area contributed by atoms with Crippen LogP contribution in [0.25, 0.3) is 6.08 Å². The molecular weight excluding hydrogens is 604 g/mol. The van der Waals surface area contributed by atoms with E-state index in [0.29, 0.717) is 61.3 Å². The van der Waals surface area contributed by atoms with E-state index in [0.717, 1.165) is 5.56 Å². The summed E-state index contributed by atoms with van der Waals surface area (Å²) in [6.07, 6.45) is 9.00. The quantitative estimate of drug-likeness (QED) is 0.242. The summed E-state index contributed by atoms with van der Waals surface area (Å²) < 4.78 is 22.3. The molecule has 0 fully saturated rings. The van der Waals surface area contributed by atoms with Crippen LogP contribution in [0.1, 0.15) is 90.4 Å². The number of cyclic esters (lactones) is 1. The first-order chi connectivity index (χ1) is 22.7. The van der Waals surface area contributed by atoms with Crippen LogP contribution in [0.2, 0.25) is 0 Å². The number of carbonyl (C=O) groups excluding carboxylic acids is 3. The Bertz CT molecular complexity index is 1580. The standard InChI is InChI=1S/C36H42N2O9/c1-22-9-8-12-26(39)11-7-5-6-10-24-17-28(40)33(34(42)32(24)36(43)47-22)27(20-31(41)38-21-23-13-15-37-16-14-23)25-18-29(44-2)35(46-4)30(19-25)45-3/h6,10,13-19,22,27,40,42H,5,7-9,11-12,20-21H2,1-4H3,(H,38,41). The second-order valence-electron chi connectivity index (χ2n) is 11.4. The zero-order chi connectivity index (χ0) is 33.9. The number of aromatic nitrogens is 1. The largest absolute Gasteiger partial charge is 0.507 e. The number of fused-ring (bicyclic) bond motifs is 1. The van der Waals surface area contributed by atoms with Crippen molar-refractivity contribution >= 4 is 23.7 Å². The molecule has 1 aliphatic rings. The smallest absolute Gasteiger partial charge is 0.342 e. The van der Waals surface area contributed by atoms with Gasteiger partial charge in [0.1, 0.15) is 22.8 Å². The molecule has 0 saturated carbocycles. The maximum absolute atomic E-state index is 13.7. The molecule has 4 rings (SSSR count). The van der Waals surface area contributed by atoms with Crippen LogP contribution < -0.4 is 19.5 Å². The highest BCUT2D eigenvalue weighted by Gasteiger charge is 2.32. The van der Waals surface area contributed by atoms with Gasteiger partial charge in [-0.05, 0) is 79.6 Å². The number of phenols is 2. The normalized spacial score (nSPS) is 16.3. The molecule has 2 heterocycles. The summed E-state index contributed by atoms with van der Waals surface area (Å²) in [6.45, 7) is 1.96. The lowest BCUT2D eigenvalue weighted by Gasteiger charge is -2.24. The van der Waals surface area contributed by atoms with Crippen LogP contribution in [0.4, 0.5) is 0 Å². The minimum atomic E-state index is -0.972. The van der Waals surface area contributed by atoms with Crippen LogP contribution in [0.3, 0.4) is 0 Å². The molecule has 1 aliphatic heterocycles. The Hall–Kier alpha value is -5.06. The van der Waals surface area contributed by atoms with E-state index in [9.17, 15) is 24.6 Å². The number of aromatic hydroxyl groups is 2. The third-order valence-corrected chi connectivity index (χ3v) is 8.12. The Morgan fingerprint density at radius 2 is 1.70 bits per heavy atom. The van der Waals surface area contributed by atoms with Gasteiger partial charge in [0.25, 0.3) is 0 Å². The Balaban J connectivity index is 1.84. The Morgan fingerprint density at radius 1 is 1.02 bits per heavy atom. The van der Waals surface area contributed by atoms with Gasteiger partial charge < -0.3 is 34.5 Å². The fourth-order valence-electron chi connectivity index (χ4n) is 5.67. The lowest BCUT2D eigenvalue weighted by Crippen LogP contribution is -2.25. The number of carbonyl (C=O) groups is 3. The number of allylic oxidation sites excluding steroid dienone is 1. The number of methoxy groups -OCH3 is 3. The third-order valence-electron chi connectivity index (χ3n) is 8.12. The number of hydrogen-bond donors (Lipinski definition) is 3. The number of nitrogens with zero attached hydrogens (tertiary/aromatic N) is 1. The van der Waals surface area contributed by atoms with Crippen LogP contribution in [0, 0.1) is 0 Å². The van der Waals surface area contributed by atoms with Gasteiger partial charge >= 0.3 is 5.97 Å². The molecule has 2 aromatic carbocycles. The molecule has 2 atom stereocenters. The van der Waals surface area contributed by atoms with Crippen LogP contribution >= 0.6 is 0 Å². The number of hydrogen-bond acceptors (Lipinski definition) is 10. The zero-order valence-corrected chi connectivity index (χ0v) is 27.2. The SMILES string of the molecule is COc1cc(C(CC(=O)NCc2ccncc2)c2c(O)cc3c(c2O)C(=O)OC(C)CCCC(=O)CCCC=C3)cc(OC)c1OC. The first kappa shape index (κ1) is 34.8. The van der Waals surface area contributed by atoms with Gasteiger partial charge in [-0.2, -0.15) is 0 Å². The second-order valence-corrected chi connectivity index (χ2v) is 11.4. The lowest BCUT2D eigenvalue weighted by atomic mass is 9.84. The molecule has 0 bridgehead atoms. The van der Waals surface area contributed by atoms with Crippen molar-refractivity contribution < 1.29 is 43.5 Å². The monoisotopic (exact) mass is 646 g/mol. The highest BCUT2D eigenvalue weighted by Crippen LogP contribution is 2.47. The molecule has 0 saturated heterocycles. The van der Waals surface area contributed by atoms with Crippen LogP contribution in [0.15, 0.2) is 48.8 Å². The van der Waals surface area contributed by atoms with Crippen molar-refractivity contribution in [3.8, 4) is 28.7 Å². The van der Waals surface area contributed by atoms with E-state index < -0.39 is 23.7 Å². The summed E-state index contributed by atoms with van der Waals surface area (Å²) in [7, 11) is 4.38. The summed E-state index contributed by atoms with van der Waals surface area (Å²) in [4.78, 5) is 43.3. The predicted octanol–water partition coefficient (Wildman–Crippen LogP) is 5.84. The number of ether oxygens (including phenoxy) is 4. The van der Waals surface area contributed by atoms with Crippen molar-refractivity contribution in [2.24, 2.45) is 0 Å². The van der Waals surface area contributed by atoms with Gasteiger partial charge in [-0.1, -0.05) is 12.2 Å². The van der Waals surface area contributed by atoms with Crippen molar-refractivity contribution in [2.75, 3.05) is 21.3 Å². The van der Waals surface area contributed by atoms with Crippen molar-refractivity contribution in [3.63, 3.8) is 0 Å². The topological polar surface area (TPSA) is 154 Å². The predicted molar refractivity (Wildman–Crippen MR) is 175 cm³/mol. The van der Waals surface area contributed by atoms with Crippen LogP contribution in [-0.2, 0) is 20.9 Å². The second kappa shape index (κ2) is 16.5. The van der Waals surface area contributed by atoms with Gasteiger partial charge in [0.2, 0.25) is 11.7 Å². The maximum atomic E-state index is 13.7. The number of Topliss-reactive ketones (excluding diaryl/α,β-unsaturated/α-hetero) is 1. The van der Waals surface area contributed by atoms with E-state index in [4.69, 9.17) is 18.9 Å². The number of benzene rings is 2. The number of esters is 1. The number of amides is 1. The van der Waals surface area contributed by atoms with Crippen molar-refractivity contribution in [1.29, 1.82) is 0 Å². The maximum Gasteiger partial charge on any atom is 0.342 e. The van der Waals surface area contributed by atoms with Gasteiger partial charge in [0.05, 0.1) is 27.4 Å². The number of nitrogens with one attached hydrogen (secondary N) is 1. The van der Waals surface area contributed by atoms with E-state index in [1.807, 2.05) is 0 Å². The molecule has 0 spiro atoms. The first-order valence-corrected chi connectivity index (χ1v) is 15.6. The number of pyridine rings is 1. The molecule has 3 N–H and O–H groups in total.